The van der Waals surface area contributed by atoms with Crippen LogP contribution in [0.1, 0.15) is 27.7 Å². The largest absolute Gasteiger partial charge is 0.378 e. The maximum Gasteiger partial charge on any atom is 0.353 e. The van der Waals surface area contributed by atoms with E-state index in [4.69, 9.17) is 9.57 Å². The Morgan fingerprint density at radius 3 is 2.18 bits per heavy atom. The summed E-state index contributed by atoms with van der Waals surface area (Å²) >= 11 is 0. The van der Waals surface area contributed by atoms with Gasteiger partial charge in [0.1, 0.15) is 0 Å². The van der Waals surface area contributed by atoms with Gasteiger partial charge >= 0.3 is 12.0 Å². The first kappa shape index (κ1) is 13.8. The van der Waals surface area contributed by atoms with Gasteiger partial charge in [0, 0.05) is 20.0 Å². The Kier molecular flexibility index (Phi) is 4.34. The molecule has 0 aromatic carbocycles. The molecule has 1 aliphatic heterocycles. The Morgan fingerprint density at radius 1 is 1.24 bits per heavy atom. The molecule has 6 heteroatoms. The van der Waals surface area contributed by atoms with E-state index in [0.717, 1.165) is 5.06 Å². The number of hydrogen-bond donors (Lipinski definition) is 0. The topological polar surface area (TPSA) is 59.1 Å². The minimum absolute atomic E-state index is 0.295. The van der Waals surface area contributed by atoms with Crippen LogP contribution in [0.3, 0.4) is 0 Å². The van der Waals surface area contributed by atoms with Crippen molar-refractivity contribution in [3.63, 3.8) is 0 Å². The molecule has 0 radical (unpaired) electrons. The number of nitrogens with zero attached hydrogens (tertiary/aromatic N) is 2. The Labute approximate surface area is 101 Å². The highest BCUT2D eigenvalue weighted by Gasteiger charge is 2.33. The highest BCUT2D eigenvalue weighted by atomic mass is 16.7. The summed E-state index contributed by atoms with van der Waals surface area (Å²) in [7, 11) is 0. The molecule has 1 fully saturated rings. The van der Waals surface area contributed by atoms with Gasteiger partial charge in [-0.1, -0.05) is 0 Å². The first-order valence-electron chi connectivity index (χ1n) is 5.68. The Morgan fingerprint density at radius 2 is 1.76 bits per heavy atom. The van der Waals surface area contributed by atoms with Crippen molar-refractivity contribution in [2.24, 2.45) is 0 Å². The van der Waals surface area contributed by atoms with Gasteiger partial charge in [0.25, 0.3) is 0 Å². The average molecular weight is 244 g/mol. The summed E-state index contributed by atoms with van der Waals surface area (Å²) in [5.74, 6) is -0.499. The fourth-order valence-corrected chi connectivity index (χ4v) is 1.47. The first-order chi connectivity index (χ1) is 7.82. The lowest BCUT2D eigenvalue weighted by Crippen LogP contribution is -2.54. The molecule has 1 aliphatic rings. The molecule has 1 saturated heterocycles. The number of morpholine rings is 1. The van der Waals surface area contributed by atoms with Gasteiger partial charge in [-0.15, -0.1) is 5.06 Å². The molecule has 0 atom stereocenters. The quantitative estimate of drug-likeness (QED) is 0.597. The van der Waals surface area contributed by atoms with Crippen molar-refractivity contribution < 1.29 is 19.2 Å². The number of rotatable bonds is 0. The van der Waals surface area contributed by atoms with Crippen molar-refractivity contribution in [2.45, 2.75) is 33.2 Å². The monoisotopic (exact) mass is 244 g/mol. The van der Waals surface area contributed by atoms with Crippen LogP contribution in [0.25, 0.3) is 0 Å². The number of amides is 2. The van der Waals surface area contributed by atoms with Crippen molar-refractivity contribution in [3.8, 4) is 0 Å². The average Bonchev–Trinajstić information content (AvgIpc) is 2.24. The minimum atomic E-state index is -0.568. The van der Waals surface area contributed by atoms with Gasteiger partial charge in [-0.3, -0.25) is 4.79 Å². The molecule has 0 spiro atoms. The number of ether oxygens (including phenoxy) is 1. The van der Waals surface area contributed by atoms with Crippen LogP contribution in [-0.2, 0) is 14.4 Å². The smallest absolute Gasteiger partial charge is 0.353 e. The maximum atomic E-state index is 12.2. The Balaban J connectivity index is 2.74. The molecule has 0 unspecified atom stereocenters. The van der Waals surface area contributed by atoms with Crippen molar-refractivity contribution in [3.05, 3.63) is 0 Å². The van der Waals surface area contributed by atoms with E-state index in [1.54, 1.807) is 4.90 Å². The van der Waals surface area contributed by atoms with Crippen molar-refractivity contribution in [2.75, 3.05) is 26.3 Å². The maximum absolute atomic E-state index is 12.2. The van der Waals surface area contributed by atoms with Gasteiger partial charge < -0.3 is 14.5 Å². The molecule has 0 aliphatic carbocycles. The van der Waals surface area contributed by atoms with Crippen LogP contribution in [-0.4, -0.2) is 53.8 Å². The third kappa shape index (κ3) is 3.89. The van der Waals surface area contributed by atoms with Gasteiger partial charge in [0.2, 0.25) is 0 Å². The summed E-state index contributed by atoms with van der Waals surface area (Å²) in [4.78, 5) is 29.8. The van der Waals surface area contributed by atoms with Crippen molar-refractivity contribution in [1.29, 1.82) is 0 Å². The van der Waals surface area contributed by atoms with E-state index >= 15 is 0 Å². The molecule has 0 saturated carbocycles. The number of hydroxylamine groups is 2. The summed E-state index contributed by atoms with van der Waals surface area (Å²) in [6, 6.07) is -0.295. The molecule has 17 heavy (non-hydrogen) atoms. The van der Waals surface area contributed by atoms with E-state index in [0.29, 0.717) is 26.3 Å². The van der Waals surface area contributed by atoms with E-state index in [1.165, 1.54) is 6.92 Å². The highest BCUT2D eigenvalue weighted by molar-refractivity contribution is 5.76. The zero-order valence-electron chi connectivity index (χ0n) is 10.9. The third-order valence-electron chi connectivity index (χ3n) is 2.28. The molecule has 0 aromatic heterocycles. The fraction of sp³-hybridized carbons (Fsp3) is 0.818. The summed E-state index contributed by atoms with van der Waals surface area (Å²) in [5, 5.41) is 1.13. The molecule has 6 nitrogen and oxygen atoms in total. The van der Waals surface area contributed by atoms with Crippen LogP contribution in [0.5, 0.6) is 0 Å². The predicted octanol–water partition coefficient (Wildman–Crippen LogP) is 1.02. The van der Waals surface area contributed by atoms with Crippen LogP contribution >= 0.6 is 0 Å². The fourth-order valence-electron chi connectivity index (χ4n) is 1.47. The SMILES string of the molecule is CC(=O)ON(C(=O)N1CCOCC1)C(C)(C)C. The van der Waals surface area contributed by atoms with E-state index in [-0.39, 0.29) is 6.03 Å². The van der Waals surface area contributed by atoms with Gasteiger partial charge in [0.15, 0.2) is 0 Å². The van der Waals surface area contributed by atoms with Crippen LogP contribution < -0.4 is 0 Å². The molecule has 0 aromatic rings. The summed E-state index contributed by atoms with van der Waals surface area (Å²) in [5.41, 5.74) is -0.568. The van der Waals surface area contributed by atoms with Crippen LogP contribution in [0.4, 0.5) is 4.79 Å². The van der Waals surface area contributed by atoms with E-state index in [9.17, 15) is 9.59 Å². The standard InChI is InChI=1S/C11H20N2O4/c1-9(14)17-13(11(2,3)4)10(15)12-5-7-16-8-6-12/h5-8H2,1-4H3. The molecule has 0 bridgehead atoms. The summed E-state index contributed by atoms with van der Waals surface area (Å²) in [6.45, 7) is 8.80. The number of carbonyl (C=O) groups is 2. The molecular weight excluding hydrogens is 224 g/mol. The molecule has 1 heterocycles. The van der Waals surface area contributed by atoms with Crippen LogP contribution in [0.15, 0.2) is 0 Å². The van der Waals surface area contributed by atoms with E-state index in [1.807, 2.05) is 20.8 Å². The molecular formula is C11H20N2O4. The van der Waals surface area contributed by atoms with Gasteiger partial charge in [0.05, 0.1) is 18.8 Å². The predicted molar refractivity (Wildman–Crippen MR) is 61.1 cm³/mol. The van der Waals surface area contributed by atoms with Crippen LogP contribution in [0.2, 0.25) is 0 Å². The second-order valence-electron chi connectivity index (χ2n) is 4.93. The van der Waals surface area contributed by atoms with E-state index < -0.39 is 11.5 Å². The molecule has 1 rings (SSSR count). The van der Waals surface area contributed by atoms with Crippen molar-refractivity contribution in [1.82, 2.24) is 9.96 Å². The summed E-state index contributed by atoms with van der Waals surface area (Å²) < 4.78 is 5.18. The number of hydrogen-bond acceptors (Lipinski definition) is 4. The normalized spacial score (nSPS) is 16.6. The van der Waals surface area contributed by atoms with Gasteiger partial charge in [-0.25, -0.2) is 4.79 Å². The minimum Gasteiger partial charge on any atom is -0.378 e. The lowest BCUT2D eigenvalue weighted by atomic mass is 10.1. The Hall–Kier alpha value is -1.30. The number of carbonyl (C=O) groups excluding carboxylic acids is 2. The summed E-state index contributed by atoms with van der Waals surface area (Å²) in [6.07, 6.45) is 0. The second-order valence-corrected chi connectivity index (χ2v) is 4.93. The zero-order valence-corrected chi connectivity index (χ0v) is 10.9. The van der Waals surface area contributed by atoms with E-state index in [2.05, 4.69) is 0 Å². The molecule has 98 valence electrons. The lowest BCUT2D eigenvalue weighted by molar-refractivity contribution is -0.194. The lowest BCUT2D eigenvalue weighted by Gasteiger charge is -2.37. The van der Waals surface area contributed by atoms with Crippen LogP contribution in [0, 0.1) is 0 Å². The molecule has 0 N–H and O–H groups in total. The zero-order chi connectivity index (χ0) is 13.1. The van der Waals surface area contributed by atoms with Gasteiger partial charge in [-0.05, 0) is 20.8 Å². The highest BCUT2D eigenvalue weighted by Crippen LogP contribution is 2.17. The Bertz CT molecular complexity index is 292. The first-order valence-corrected chi connectivity index (χ1v) is 5.68. The van der Waals surface area contributed by atoms with Crippen molar-refractivity contribution >= 4 is 12.0 Å². The second kappa shape index (κ2) is 5.35. The number of urea groups is 1. The third-order valence-corrected chi connectivity index (χ3v) is 2.28. The molecule has 2 amide bonds. The van der Waals surface area contributed by atoms with Gasteiger partial charge in [-0.2, -0.15) is 0 Å².